The fourth-order valence-electron chi connectivity index (χ4n) is 2.20. The largest absolute Gasteiger partial charge is 0.459 e. The van der Waals surface area contributed by atoms with Crippen LogP contribution in [0.1, 0.15) is 18.1 Å². The summed E-state index contributed by atoms with van der Waals surface area (Å²) in [5.74, 6) is 2.40. The van der Waals surface area contributed by atoms with E-state index in [0.29, 0.717) is 11.1 Å². The minimum absolute atomic E-state index is 0.507. The third-order valence-corrected chi connectivity index (χ3v) is 3.42. The Hall–Kier alpha value is -3.39. The van der Waals surface area contributed by atoms with Gasteiger partial charge in [0, 0.05) is 24.0 Å². The Balaban J connectivity index is 2.72. The first kappa shape index (κ1) is 18.0. The Morgan fingerprint density at radius 1 is 0.880 bits per heavy atom. The summed E-state index contributed by atoms with van der Waals surface area (Å²) in [6.07, 6.45) is 0. The number of methoxy groups -OCH3 is 1. The van der Waals surface area contributed by atoms with Crippen LogP contribution in [0.2, 0.25) is 0 Å². The summed E-state index contributed by atoms with van der Waals surface area (Å²) < 4.78 is 10.0. The summed E-state index contributed by atoms with van der Waals surface area (Å²) in [5, 5.41) is 0. The van der Waals surface area contributed by atoms with Crippen molar-refractivity contribution in [1.82, 2.24) is 0 Å². The first-order valence-corrected chi connectivity index (χ1v) is 7.45. The lowest BCUT2D eigenvalue weighted by atomic mass is 9.86. The molecule has 0 saturated carbocycles. The molecule has 0 aliphatic heterocycles. The zero-order valence-electron chi connectivity index (χ0n) is 13.8. The molecule has 0 radical (unpaired) electrons. The van der Waals surface area contributed by atoms with Crippen molar-refractivity contribution in [3.8, 4) is 11.8 Å². The number of hydrogen-bond donors (Lipinski definition) is 0. The molecule has 0 aliphatic rings. The molecule has 2 rings (SSSR count). The zero-order valence-corrected chi connectivity index (χ0v) is 13.8. The van der Waals surface area contributed by atoms with Crippen LogP contribution in [0.15, 0.2) is 60.7 Å². The van der Waals surface area contributed by atoms with Crippen molar-refractivity contribution in [2.45, 2.75) is 12.5 Å². The molecule has 0 amide bonds. The average Bonchev–Trinajstić information content (AvgIpc) is 2.66. The molecule has 0 atom stereocenters. The van der Waals surface area contributed by atoms with Crippen molar-refractivity contribution in [3.63, 3.8) is 0 Å². The topological polar surface area (TPSA) is 69.7 Å². The summed E-state index contributed by atoms with van der Waals surface area (Å²) in [5.41, 5.74) is -0.598. The van der Waals surface area contributed by atoms with Crippen molar-refractivity contribution in [1.29, 1.82) is 0 Å². The van der Waals surface area contributed by atoms with Crippen LogP contribution in [-0.4, -0.2) is 24.8 Å². The molecule has 0 fully saturated rings. The van der Waals surface area contributed by atoms with Gasteiger partial charge in [-0.15, -0.1) is 0 Å². The number of hydrogen-bond acceptors (Lipinski definition) is 5. The highest BCUT2D eigenvalue weighted by Crippen LogP contribution is 2.33. The smallest absolute Gasteiger partial charge is 0.384 e. The third kappa shape index (κ3) is 4.12. The van der Waals surface area contributed by atoms with Crippen LogP contribution in [0.4, 0.5) is 0 Å². The molecule has 25 heavy (non-hydrogen) atoms. The first-order chi connectivity index (χ1) is 12.0. The molecule has 0 spiro atoms. The molecule has 0 unspecified atom stereocenters. The number of esters is 2. The highest BCUT2D eigenvalue weighted by atomic mass is 16.6. The van der Waals surface area contributed by atoms with Crippen LogP contribution in [-0.2, 0) is 29.5 Å². The van der Waals surface area contributed by atoms with E-state index in [-0.39, 0.29) is 0 Å². The van der Waals surface area contributed by atoms with E-state index in [1.807, 2.05) is 0 Å². The van der Waals surface area contributed by atoms with Crippen molar-refractivity contribution in [3.05, 3.63) is 71.8 Å². The van der Waals surface area contributed by atoms with Gasteiger partial charge in [0.25, 0.3) is 0 Å². The quantitative estimate of drug-likeness (QED) is 0.371. The first-order valence-electron chi connectivity index (χ1n) is 7.45. The summed E-state index contributed by atoms with van der Waals surface area (Å²) >= 11 is 0. The van der Waals surface area contributed by atoms with Crippen molar-refractivity contribution >= 4 is 17.7 Å². The number of carbonyl (C=O) groups is 3. The number of rotatable bonds is 4. The lowest BCUT2D eigenvalue weighted by Crippen LogP contribution is -2.35. The fraction of sp³-hybridized carbons (Fsp3) is 0.150. The van der Waals surface area contributed by atoms with Gasteiger partial charge in [0.05, 0.1) is 7.11 Å². The van der Waals surface area contributed by atoms with Crippen LogP contribution in [0, 0.1) is 11.8 Å². The molecule has 0 N–H and O–H groups in total. The van der Waals surface area contributed by atoms with Crippen LogP contribution in [0.3, 0.4) is 0 Å². The minimum Gasteiger partial charge on any atom is -0.459 e. The van der Waals surface area contributed by atoms with Gasteiger partial charge >= 0.3 is 11.9 Å². The number of benzene rings is 2. The number of ether oxygens (including phenoxy) is 2. The third-order valence-electron chi connectivity index (χ3n) is 3.42. The standard InChI is InChI=1S/C20H16O5/c1-15(21)19(23)25-20(14-13-18(22)24-2,16-9-5-3-6-10-16)17-11-7-4-8-12-17/h3-12H,1-2H3. The maximum atomic E-state index is 12.1. The second-order valence-corrected chi connectivity index (χ2v) is 5.10. The molecule has 126 valence electrons. The summed E-state index contributed by atoms with van der Waals surface area (Å²) in [7, 11) is 1.20. The van der Waals surface area contributed by atoms with Crippen LogP contribution in [0.5, 0.6) is 0 Å². The number of carbonyl (C=O) groups excluding carboxylic acids is 3. The molecular formula is C20H16O5. The van der Waals surface area contributed by atoms with E-state index in [2.05, 4.69) is 16.6 Å². The van der Waals surface area contributed by atoms with Crippen molar-refractivity contribution in [2.75, 3.05) is 7.11 Å². The van der Waals surface area contributed by atoms with Gasteiger partial charge in [0.2, 0.25) is 11.4 Å². The summed E-state index contributed by atoms with van der Waals surface area (Å²) in [4.78, 5) is 35.1. The summed E-state index contributed by atoms with van der Waals surface area (Å²) in [6.45, 7) is 1.11. The Labute approximate surface area is 145 Å². The normalized spacial score (nSPS) is 10.2. The monoisotopic (exact) mass is 336 g/mol. The van der Waals surface area contributed by atoms with Gasteiger partial charge in [-0.3, -0.25) is 4.79 Å². The molecule has 5 nitrogen and oxygen atoms in total. The van der Waals surface area contributed by atoms with Gasteiger partial charge in [-0.05, 0) is 5.92 Å². The fourth-order valence-corrected chi connectivity index (χ4v) is 2.20. The SMILES string of the molecule is COC(=O)C#CC(OC(=O)C(C)=O)(c1ccccc1)c1ccccc1. The van der Waals surface area contributed by atoms with E-state index < -0.39 is 23.3 Å². The van der Waals surface area contributed by atoms with Crippen LogP contribution >= 0.6 is 0 Å². The second-order valence-electron chi connectivity index (χ2n) is 5.10. The van der Waals surface area contributed by atoms with Gasteiger partial charge < -0.3 is 9.47 Å². The molecule has 0 aromatic heterocycles. The highest BCUT2D eigenvalue weighted by molar-refractivity contribution is 6.32. The van der Waals surface area contributed by atoms with Gasteiger partial charge in [-0.2, -0.15) is 0 Å². The van der Waals surface area contributed by atoms with Crippen LogP contribution < -0.4 is 0 Å². The van der Waals surface area contributed by atoms with E-state index in [4.69, 9.17) is 4.74 Å². The van der Waals surface area contributed by atoms with E-state index >= 15 is 0 Å². The molecule has 0 saturated heterocycles. The lowest BCUT2D eigenvalue weighted by molar-refractivity contribution is -0.159. The van der Waals surface area contributed by atoms with Crippen molar-refractivity contribution in [2.24, 2.45) is 0 Å². The summed E-state index contributed by atoms with van der Waals surface area (Å²) in [6, 6.07) is 17.4. The van der Waals surface area contributed by atoms with Gasteiger partial charge in [-0.1, -0.05) is 60.7 Å². The molecule has 0 aliphatic carbocycles. The minimum atomic E-state index is -1.61. The van der Waals surface area contributed by atoms with E-state index in [0.717, 1.165) is 6.92 Å². The molecule has 5 heteroatoms. The zero-order chi connectivity index (χ0) is 18.3. The maximum absolute atomic E-state index is 12.1. The second kappa shape index (κ2) is 7.93. The Bertz CT molecular complexity index is 789. The number of Topliss-reactive ketones (excluding diaryl/α,β-unsaturated/α-hetero) is 1. The van der Waals surface area contributed by atoms with Gasteiger partial charge in [-0.25, -0.2) is 9.59 Å². The molecule has 0 heterocycles. The predicted molar refractivity (Wildman–Crippen MR) is 90.2 cm³/mol. The molecule has 2 aromatic rings. The molecule has 0 bridgehead atoms. The van der Waals surface area contributed by atoms with Crippen LogP contribution in [0.25, 0.3) is 0 Å². The molecule has 2 aromatic carbocycles. The average molecular weight is 336 g/mol. The maximum Gasteiger partial charge on any atom is 0.384 e. The van der Waals surface area contributed by atoms with E-state index in [9.17, 15) is 14.4 Å². The predicted octanol–water partition coefficient (Wildman–Crippen LogP) is 2.24. The van der Waals surface area contributed by atoms with Gasteiger partial charge in [0.1, 0.15) is 0 Å². The Kier molecular flexibility index (Phi) is 5.70. The Morgan fingerprint density at radius 3 is 1.76 bits per heavy atom. The number of ketones is 1. The highest BCUT2D eigenvalue weighted by Gasteiger charge is 2.38. The molecular weight excluding hydrogens is 320 g/mol. The Morgan fingerprint density at radius 2 is 1.36 bits per heavy atom. The van der Waals surface area contributed by atoms with Crippen molar-refractivity contribution < 1.29 is 23.9 Å². The van der Waals surface area contributed by atoms with E-state index in [1.165, 1.54) is 7.11 Å². The van der Waals surface area contributed by atoms with Gasteiger partial charge in [0.15, 0.2) is 0 Å². The van der Waals surface area contributed by atoms with E-state index in [1.54, 1.807) is 60.7 Å². The lowest BCUT2D eigenvalue weighted by Gasteiger charge is -2.29.